The summed E-state index contributed by atoms with van der Waals surface area (Å²) in [5.41, 5.74) is 1.03. The molecule has 0 saturated heterocycles. The lowest BCUT2D eigenvalue weighted by atomic mass is 10.3. The maximum Gasteiger partial charge on any atom is 0.216 e. The van der Waals surface area contributed by atoms with Gasteiger partial charge in [-0.15, -0.1) is 0 Å². The Labute approximate surface area is 72.8 Å². The van der Waals surface area contributed by atoms with Crippen LogP contribution in [0.15, 0.2) is 6.07 Å². The Balaban J connectivity index is 2.90. The average molecular weight is 166 g/mol. The average Bonchev–Trinajstić information content (AvgIpc) is 2.04. The van der Waals surface area contributed by atoms with Crippen LogP contribution >= 0.6 is 0 Å². The zero-order chi connectivity index (χ0) is 8.97. The molecule has 1 rings (SSSR count). The molecule has 0 amide bonds. The lowest BCUT2D eigenvalue weighted by Gasteiger charge is -2.04. The van der Waals surface area contributed by atoms with Crippen molar-refractivity contribution >= 4 is 0 Å². The lowest BCUT2D eigenvalue weighted by Crippen LogP contribution is -2.00. The van der Waals surface area contributed by atoms with Crippen LogP contribution in [0.5, 0.6) is 5.88 Å². The van der Waals surface area contributed by atoms with Crippen LogP contribution in [0.1, 0.15) is 25.4 Å². The Kier molecular flexibility index (Phi) is 3.02. The van der Waals surface area contributed by atoms with Crippen molar-refractivity contribution in [1.82, 2.24) is 9.97 Å². The molecule has 0 N–H and O–H groups in total. The molecule has 1 aromatic rings. The van der Waals surface area contributed by atoms with Gasteiger partial charge in [-0.2, -0.15) is 4.98 Å². The quantitative estimate of drug-likeness (QED) is 0.686. The van der Waals surface area contributed by atoms with Gasteiger partial charge in [0.15, 0.2) is 0 Å². The highest BCUT2D eigenvalue weighted by molar-refractivity contribution is 5.15. The van der Waals surface area contributed by atoms with Crippen molar-refractivity contribution in [3.8, 4) is 5.88 Å². The molecule has 0 bridgehead atoms. The standard InChI is InChI=1S/C9H14N2O/c1-4-8-6-9(12-5-2)11-7(3)10-8/h6H,4-5H2,1-3H3. The molecule has 0 fully saturated rings. The number of nitrogens with zero attached hydrogens (tertiary/aromatic N) is 2. The highest BCUT2D eigenvalue weighted by Crippen LogP contribution is 2.09. The van der Waals surface area contributed by atoms with Gasteiger partial charge in [0.1, 0.15) is 5.82 Å². The Hall–Kier alpha value is -1.12. The minimum Gasteiger partial charge on any atom is -0.478 e. The van der Waals surface area contributed by atoms with E-state index in [0.29, 0.717) is 12.5 Å². The summed E-state index contributed by atoms with van der Waals surface area (Å²) in [4.78, 5) is 8.38. The van der Waals surface area contributed by atoms with Crippen molar-refractivity contribution in [2.24, 2.45) is 0 Å². The van der Waals surface area contributed by atoms with Gasteiger partial charge in [0, 0.05) is 11.8 Å². The topological polar surface area (TPSA) is 35.0 Å². The SMILES string of the molecule is CCOc1cc(CC)nc(C)n1. The maximum absolute atomic E-state index is 5.28. The zero-order valence-corrected chi connectivity index (χ0v) is 7.79. The summed E-state index contributed by atoms with van der Waals surface area (Å²) in [5, 5.41) is 0. The molecule has 0 aromatic carbocycles. The van der Waals surface area contributed by atoms with E-state index in [9.17, 15) is 0 Å². The van der Waals surface area contributed by atoms with Gasteiger partial charge in [-0.25, -0.2) is 4.98 Å². The second-order valence-electron chi connectivity index (χ2n) is 2.53. The van der Waals surface area contributed by atoms with Crippen LogP contribution in [0.4, 0.5) is 0 Å². The Morgan fingerprint density at radius 2 is 2.08 bits per heavy atom. The molecule has 66 valence electrons. The van der Waals surface area contributed by atoms with E-state index in [0.717, 1.165) is 17.9 Å². The number of aromatic nitrogens is 2. The van der Waals surface area contributed by atoms with Crippen LogP contribution in [0.2, 0.25) is 0 Å². The molecule has 0 aliphatic heterocycles. The van der Waals surface area contributed by atoms with Crippen LogP contribution in [0.3, 0.4) is 0 Å². The highest BCUT2D eigenvalue weighted by atomic mass is 16.5. The van der Waals surface area contributed by atoms with Gasteiger partial charge >= 0.3 is 0 Å². The molecule has 3 heteroatoms. The molecule has 1 heterocycles. The van der Waals surface area contributed by atoms with Crippen LogP contribution in [-0.2, 0) is 6.42 Å². The third-order valence-electron chi connectivity index (χ3n) is 1.52. The van der Waals surface area contributed by atoms with Crippen LogP contribution < -0.4 is 4.74 Å². The first-order valence-corrected chi connectivity index (χ1v) is 4.23. The first-order valence-electron chi connectivity index (χ1n) is 4.23. The predicted molar refractivity (Wildman–Crippen MR) is 47.3 cm³/mol. The molecule has 1 aromatic heterocycles. The second kappa shape index (κ2) is 4.04. The summed E-state index contributed by atoms with van der Waals surface area (Å²) in [7, 11) is 0. The molecule has 0 radical (unpaired) electrons. The fourth-order valence-electron chi connectivity index (χ4n) is 1.00. The van der Waals surface area contributed by atoms with Gasteiger partial charge in [0.25, 0.3) is 0 Å². The largest absolute Gasteiger partial charge is 0.478 e. The van der Waals surface area contributed by atoms with E-state index in [-0.39, 0.29) is 0 Å². The Morgan fingerprint density at radius 1 is 1.33 bits per heavy atom. The van der Waals surface area contributed by atoms with E-state index in [1.54, 1.807) is 0 Å². The third kappa shape index (κ3) is 2.19. The Morgan fingerprint density at radius 3 is 2.67 bits per heavy atom. The molecule has 0 unspecified atom stereocenters. The molecule has 0 atom stereocenters. The summed E-state index contributed by atoms with van der Waals surface area (Å²) in [6.07, 6.45) is 0.920. The van der Waals surface area contributed by atoms with Crippen molar-refractivity contribution in [2.45, 2.75) is 27.2 Å². The van der Waals surface area contributed by atoms with Crippen molar-refractivity contribution < 1.29 is 4.74 Å². The van der Waals surface area contributed by atoms with Gasteiger partial charge in [0.2, 0.25) is 5.88 Å². The molecule has 3 nitrogen and oxygen atoms in total. The van der Waals surface area contributed by atoms with E-state index in [1.807, 2.05) is 19.9 Å². The lowest BCUT2D eigenvalue weighted by molar-refractivity contribution is 0.324. The normalized spacial score (nSPS) is 9.92. The van der Waals surface area contributed by atoms with E-state index in [2.05, 4.69) is 16.9 Å². The smallest absolute Gasteiger partial charge is 0.216 e. The van der Waals surface area contributed by atoms with Crippen LogP contribution in [0, 0.1) is 6.92 Å². The maximum atomic E-state index is 5.28. The number of hydrogen-bond acceptors (Lipinski definition) is 3. The minimum absolute atomic E-state index is 0.652. The Bertz CT molecular complexity index is 261. The van der Waals surface area contributed by atoms with Crippen molar-refractivity contribution in [3.05, 3.63) is 17.6 Å². The third-order valence-corrected chi connectivity index (χ3v) is 1.52. The molecular weight excluding hydrogens is 152 g/mol. The fraction of sp³-hybridized carbons (Fsp3) is 0.556. The summed E-state index contributed by atoms with van der Waals surface area (Å²) in [6.45, 7) is 6.54. The molecule has 0 spiro atoms. The summed E-state index contributed by atoms with van der Waals surface area (Å²) >= 11 is 0. The zero-order valence-electron chi connectivity index (χ0n) is 7.79. The van der Waals surface area contributed by atoms with E-state index in [4.69, 9.17) is 4.74 Å². The molecule has 12 heavy (non-hydrogen) atoms. The monoisotopic (exact) mass is 166 g/mol. The molecule has 0 aliphatic carbocycles. The fourth-order valence-corrected chi connectivity index (χ4v) is 1.00. The molecule has 0 saturated carbocycles. The van der Waals surface area contributed by atoms with Gasteiger partial charge < -0.3 is 4.74 Å². The minimum atomic E-state index is 0.652. The second-order valence-corrected chi connectivity index (χ2v) is 2.53. The summed E-state index contributed by atoms with van der Waals surface area (Å²) < 4.78 is 5.28. The van der Waals surface area contributed by atoms with Crippen LogP contribution in [-0.4, -0.2) is 16.6 Å². The number of hydrogen-bond donors (Lipinski definition) is 0. The molecule has 0 aliphatic rings. The van der Waals surface area contributed by atoms with Gasteiger partial charge in [-0.05, 0) is 20.3 Å². The number of rotatable bonds is 3. The first-order chi connectivity index (χ1) is 5.76. The number of ether oxygens (including phenoxy) is 1. The van der Waals surface area contributed by atoms with E-state index in [1.165, 1.54) is 0 Å². The number of aryl methyl sites for hydroxylation is 2. The molecular formula is C9H14N2O. The highest BCUT2D eigenvalue weighted by Gasteiger charge is 1.99. The van der Waals surface area contributed by atoms with Gasteiger partial charge in [-0.3, -0.25) is 0 Å². The van der Waals surface area contributed by atoms with Crippen molar-refractivity contribution in [3.63, 3.8) is 0 Å². The van der Waals surface area contributed by atoms with Gasteiger partial charge in [0.05, 0.1) is 6.61 Å². The van der Waals surface area contributed by atoms with Crippen LogP contribution in [0.25, 0.3) is 0 Å². The van der Waals surface area contributed by atoms with Gasteiger partial charge in [-0.1, -0.05) is 6.92 Å². The van der Waals surface area contributed by atoms with E-state index >= 15 is 0 Å². The summed E-state index contributed by atoms with van der Waals surface area (Å²) in [5.74, 6) is 1.46. The summed E-state index contributed by atoms with van der Waals surface area (Å²) in [6, 6.07) is 1.89. The van der Waals surface area contributed by atoms with Crippen molar-refractivity contribution in [1.29, 1.82) is 0 Å². The first kappa shape index (κ1) is 8.97. The predicted octanol–water partition coefficient (Wildman–Crippen LogP) is 1.75. The van der Waals surface area contributed by atoms with Crippen molar-refractivity contribution in [2.75, 3.05) is 6.61 Å². The van der Waals surface area contributed by atoms with E-state index < -0.39 is 0 Å².